The SMILES string of the molecule is C=C1NC2=C(C(=O)CCC2)C(c2ccccc2Br)C1C(=O)OCc1ccccc1. The average Bonchev–Trinajstić information content (AvgIpc) is 2.72. The van der Waals surface area contributed by atoms with Gasteiger partial charge in [-0.05, 0) is 30.0 Å². The van der Waals surface area contributed by atoms with Gasteiger partial charge in [0.25, 0.3) is 0 Å². The third kappa shape index (κ3) is 3.92. The Labute approximate surface area is 178 Å². The van der Waals surface area contributed by atoms with E-state index in [9.17, 15) is 9.59 Å². The van der Waals surface area contributed by atoms with Gasteiger partial charge in [0.05, 0.1) is 0 Å². The molecule has 0 amide bonds. The molecule has 1 heterocycles. The Kier molecular flexibility index (Phi) is 5.67. The largest absolute Gasteiger partial charge is 0.460 e. The third-order valence-electron chi connectivity index (χ3n) is 5.51. The zero-order valence-electron chi connectivity index (χ0n) is 16.0. The molecule has 0 aromatic heterocycles. The Balaban J connectivity index is 1.71. The summed E-state index contributed by atoms with van der Waals surface area (Å²) in [6, 6.07) is 17.3. The Morgan fingerprint density at radius 3 is 2.59 bits per heavy atom. The van der Waals surface area contributed by atoms with Crippen LogP contribution in [0.5, 0.6) is 0 Å². The van der Waals surface area contributed by atoms with Gasteiger partial charge < -0.3 is 10.1 Å². The van der Waals surface area contributed by atoms with Gasteiger partial charge in [0.2, 0.25) is 0 Å². The molecule has 0 spiro atoms. The minimum atomic E-state index is -0.668. The van der Waals surface area contributed by atoms with Crippen molar-refractivity contribution >= 4 is 27.7 Å². The lowest BCUT2D eigenvalue weighted by Gasteiger charge is -2.38. The summed E-state index contributed by atoms with van der Waals surface area (Å²) >= 11 is 3.60. The molecule has 0 saturated heterocycles. The first-order chi connectivity index (χ1) is 14.1. The van der Waals surface area contributed by atoms with Gasteiger partial charge in [-0.25, -0.2) is 0 Å². The molecule has 1 aliphatic heterocycles. The molecular weight excluding hydrogens is 430 g/mol. The highest BCUT2D eigenvalue weighted by Gasteiger charge is 2.44. The zero-order chi connectivity index (χ0) is 20.4. The maximum atomic E-state index is 13.2. The van der Waals surface area contributed by atoms with E-state index in [-0.39, 0.29) is 18.4 Å². The van der Waals surface area contributed by atoms with Gasteiger partial charge in [0.15, 0.2) is 5.78 Å². The number of halogens is 1. The maximum Gasteiger partial charge on any atom is 0.316 e. The Morgan fingerprint density at radius 1 is 1.10 bits per heavy atom. The second-order valence-electron chi connectivity index (χ2n) is 7.39. The fourth-order valence-corrected chi connectivity index (χ4v) is 4.68. The van der Waals surface area contributed by atoms with Crippen LogP contribution in [0.4, 0.5) is 0 Å². The van der Waals surface area contributed by atoms with Crippen molar-refractivity contribution in [3.8, 4) is 0 Å². The van der Waals surface area contributed by atoms with Crippen molar-refractivity contribution in [3.05, 3.63) is 93.7 Å². The third-order valence-corrected chi connectivity index (χ3v) is 6.23. The minimum absolute atomic E-state index is 0.0906. The lowest BCUT2D eigenvalue weighted by atomic mass is 9.71. The van der Waals surface area contributed by atoms with Gasteiger partial charge in [0, 0.05) is 33.8 Å². The number of allylic oxidation sites excluding steroid dienone is 2. The van der Waals surface area contributed by atoms with Crippen molar-refractivity contribution in [1.29, 1.82) is 0 Å². The lowest BCUT2D eigenvalue weighted by Crippen LogP contribution is -2.41. The van der Waals surface area contributed by atoms with Gasteiger partial charge in [0.1, 0.15) is 12.5 Å². The summed E-state index contributed by atoms with van der Waals surface area (Å²) in [5, 5.41) is 3.25. The standard InChI is InChI=1S/C24H22BrNO3/c1-15-21(24(28)29-14-16-8-3-2-4-9-16)22(17-10-5-6-11-18(17)25)23-19(26-15)12-7-13-20(23)27/h2-6,8-11,21-22,26H,1,7,12-14H2. The first-order valence-electron chi connectivity index (χ1n) is 9.73. The molecule has 2 aliphatic rings. The summed E-state index contributed by atoms with van der Waals surface area (Å²) in [5.74, 6) is -1.37. The first kappa shape index (κ1) is 19.6. The number of hydrogen-bond donors (Lipinski definition) is 1. The average molecular weight is 452 g/mol. The number of rotatable bonds is 4. The molecule has 2 aromatic rings. The maximum absolute atomic E-state index is 13.2. The summed E-state index contributed by atoms with van der Waals surface area (Å²) in [6.45, 7) is 4.31. The molecule has 148 valence electrons. The number of benzene rings is 2. The van der Waals surface area contributed by atoms with E-state index in [1.165, 1.54) is 0 Å². The summed E-state index contributed by atoms with van der Waals surface area (Å²) in [4.78, 5) is 26.1. The molecule has 29 heavy (non-hydrogen) atoms. The van der Waals surface area contributed by atoms with Gasteiger partial charge in [-0.3, -0.25) is 9.59 Å². The fourth-order valence-electron chi connectivity index (χ4n) is 4.15. The number of nitrogens with one attached hydrogen (secondary N) is 1. The second kappa shape index (κ2) is 8.37. The molecule has 0 saturated carbocycles. The molecule has 4 rings (SSSR count). The van der Waals surface area contributed by atoms with Crippen LogP contribution in [-0.2, 0) is 20.9 Å². The topological polar surface area (TPSA) is 55.4 Å². The van der Waals surface area contributed by atoms with Crippen molar-refractivity contribution in [2.45, 2.75) is 31.8 Å². The van der Waals surface area contributed by atoms with Crippen LogP contribution in [0.3, 0.4) is 0 Å². The smallest absolute Gasteiger partial charge is 0.316 e. The van der Waals surface area contributed by atoms with Gasteiger partial charge >= 0.3 is 5.97 Å². The monoisotopic (exact) mass is 451 g/mol. The number of Topliss-reactive ketones (excluding diaryl/α,β-unsaturated/α-hetero) is 1. The molecule has 1 aliphatic carbocycles. The van der Waals surface area contributed by atoms with Crippen LogP contribution < -0.4 is 5.32 Å². The number of ether oxygens (including phenoxy) is 1. The molecule has 0 bridgehead atoms. The number of carbonyl (C=O) groups excluding carboxylic acids is 2. The van der Waals surface area contributed by atoms with Crippen molar-refractivity contribution in [3.63, 3.8) is 0 Å². The van der Waals surface area contributed by atoms with Crippen LogP contribution >= 0.6 is 15.9 Å². The van der Waals surface area contributed by atoms with E-state index in [1.54, 1.807) is 0 Å². The fraction of sp³-hybridized carbons (Fsp3) is 0.250. The molecule has 4 nitrogen and oxygen atoms in total. The van der Waals surface area contributed by atoms with E-state index in [2.05, 4.69) is 27.8 Å². The highest BCUT2D eigenvalue weighted by Crippen LogP contribution is 2.46. The molecule has 5 heteroatoms. The Morgan fingerprint density at radius 2 is 1.83 bits per heavy atom. The lowest BCUT2D eigenvalue weighted by molar-refractivity contribution is -0.149. The van der Waals surface area contributed by atoms with E-state index < -0.39 is 11.8 Å². The van der Waals surface area contributed by atoms with E-state index in [1.807, 2.05) is 54.6 Å². The molecule has 0 radical (unpaired) electrons. The second-order valence-corrected chi connectivity index (χ2v) is 8.24. The predicted molar refractivity (Wildman–Crippen MR) is 115 cm³/mol. The number of ketones is 1. The van der Waals surface area contributed by atoms with Crippen molar-refractivity contribution in [2.24, 2.45) is 5.92 Å². The molecule has 0 fully saturated rings. The predicted octanol–water partition coefficient (Wildman–Crippen LogP) is 5.02. The summed E-state index contributed by atoms with van der Waals surface area (Å²) < 4.78 is 6.52. The van der Waals surface area contributed by atoms with Crippen molar-refractivity contribution < 1.29 is 14.3 Å². The first-order valence-corrected chi connectivity index (χ1v) is 10.5. The van der Waals surface area contributed by atoms with Crippen LogP contribution in [0.1, 0.15) is 36.3 Å². The van der Waals surface area contributed by atoms with Crippen LogP contribution in [0.2, 0.25) is 0 Å². The molecule has 1 N–H and O–H groups in total. The molecule has 2 aromatic carbocycles. The molecule has 2 unspecified atom stereocenters. The molecule has 2 atom stereocenters. The normalized spacial score (nSPS) is 21.4. The van der Waals surface area contributed by atoms with Gasteiger partial charge in [-0.2, -0.15) is 0 Å². The summed E-state index contributed by atoms with van der Waals surface area (Å²) in [7, 11) is 0. The van der Waals surface area contributed by atoms with E-state index in [0.717, 1.165) is 34.1 Å². The van der Waals surface area contributed by atoms with Gasteiger partial charge in [-0.1, -0.05) is 71.0 Å². The van der Waals surface area contributed by atoms with E-state index in [0.29, 0.717) is 17.7 Å². The van der Waals surface area contributed by atoms with E-state index in [4.69, 9.17) is 4.74 Å². The number of carbonyl (C=O) groups is 2. The summed E-state index contributed by atoms with van der Waals surface area (Å²) in [6.07, 6.45) is 2.09. The van der Waals surface area contributed by atoms with Crippen LogP contribution in [0.15, 0.2) is 82.6 Å². The molecular formula is C24H22BrNO3. The van der Waals surface area contributed by atoms with Crippen LogP contribution in [-0.4, -0.2) is 11.8 Å². The van der Waals surface area contributed by atoms with Crippen LogP contribution in [0, 0.1) is 5.92 Å². The summed E-state index contributed by atoms with van der Waals surface area (Å²) in [5.41, 5.74) is 3.98. The highest BCUT2D eigenvalue weighted by molar-refractivity contribution is 9.10. The van der Waals surface area contributed by atoms with E-state index >= 15 is 0 Å². The number of hydrogen-bond acceptors (Lipinski definition) is 4. The number of esters is 1. The van der Waals surface area contributed by atoms with Crippen LogP contribution in [0.25, 0.3) is 0 Å². The quantitative estimate of drug-likeness (QED) is 0.663. The van der Waals surface area contributed by atoms with Gasteiger partial charge in [-0.15, -0.1) is 0 Å². The Bertz CT molecular complexity index is 996. The van der Waals surface area contributed by atoms with Crippen molar-refractivity contribution in [1.82, 2.24) is 5.32 Å². The Hall–Kier alpha value is -2.66. The van der Waals surface area contributed by atoms with Crippen molar-refractivity contribution in [2.75, 3.05) is 0 Å². The highest BCUT2D eigenvalue weighted by atomic mass is 79.9. The zero-order valence-corrected chi connectivity index (χ0v) is 17.6. The minimum Gasteiger partial charge on any atom is -0.460 e.